The number of rotatable bonds is 6. The Morgan fingerprint density at radius 2 is 2.03 bits per heavy atom. The van der Waals surface area contributed by atoms with Crippen LogP contribution in [0, 0.1) is 0 Å². The number of nitrogens with zero attached hydrogens (tertiary/aromatic N) is 3. The topological polar surface area (TPSA) is 77.2 Å². The van der Waals surface area contributed by atoms with Crippen LogP contribution in [0.2, 0.25) is 5.02 Å². The first-order chi connectivity index (χ1) is 17.4. The summed E-state index contributed by atoms with van der Waals surface area (Å²) in [7, 11) is 0. The van der Waals surface area contributed by atoms with E-state index in [0.29, 0.717) is 35.6 Å². The highest BCUT2D eigenvalue weighted by atomic mass is 35.5. The van der Waals surface area contributed by atoms with Crippen LogP contribution in [-0.2, 0) is 18.4 Å². The van der Waals surface area contributed by atoms with Crippen LogP contribution >= 0.6 is 22.9 Å². The monoisotopic (exact) mass is 549 g/mol. The minimum atomic E-state index is -4.98. The highest BCUT2D eigenvalue weighted by Crippen LogP contribution is 2.47. The molecule has 3 aromatic heterocycles. The molecule has 1 unspecified atom stereocenters. The number of ether oxygens (including phenoxy) is 1. The minimum Gasteiger partial charge on any atom is -0.493 e. The normalized spacial score (nSPS) is 15.4. The summed E-state index contributed by atoms with van der Waals surface area (Å²) in [6.07, 6.45) is 0.801. The van der Waals surface area contributed by atoms with Gasteiger partial charge in [0, 0.05) is 36.1 Å². The number of hydrogen-bond donors (Lipinski definition) is 1. The lowest BCUT2D eigenvalue weighted by Gasteiger charge is -2.39. The molecular formula is C26H23ClF3N3O3S. The highest BCUT2D eigenvalue weighted by Gasteiger charge is 2.56. The number of halogens is 4. The van der Waals surface area contributed by atoms with E-state index in [1.807, 2.05) is 6.07 Å². The molecule has 0 radical (unpaired) electrons. The van der Waals surface area contributed by atoms with Crippen LogP contribution in [0.4, 0.5) is 13.2 Å². The van der Waals surface area contributed by atoms with Crippen LogP contribution in [0.3, 0.4) is 0 Å². The molecule has 4 heterocycles. The zero-order valence-corrected chi connectivity index (χ0v) is 21.5. The fourth-order valence-electron chi connectivity index (χ4n) is 4.96. The smallest absolute Gasteiger partial charge is 0.418 e. The number of benzene rings is 1. The zero-order chi connectivity index (χ0) is 26.6. The quantitative estimate of drug-likeness (QED) is 0.330. The van der Waals surface area contributed by atoms with E-state index in [4.69, 9.17) is 16.3 Å². The van der Waals surface area contributed by atoms with Gasteiger partial charge in [-0.15, -0.1) is 11.3 Å². The third-order valence-electron chi connectivity index (χ3n) is 6.71. The molecule has 4 aromatic rings. The van der Waals surface area contributed by atoms with Gasteiger partial charge in [-0.05, 0) is 41.0 Å². The van der Waals surface area contributed by atoms with Gasteiger partial charge in [-0.1, -0.05) is 25.4 Å². The van der Waals surface area contributed by atoms with Crippen molar-refractivity contribution in [2.75, 3.05) is 6.61 Å². The number of hydrogen-bond acceptors (Lipinski definition) is 6. The van der Waals surface area contributed by atoms with Gasteiger partial charge in [0.05, 0.1) is 35.3 Å². The van der Waals surface area contributed by atoms with Crippen molar-refractivity contribution < 1.29 is 23.0 Å². The third kappa shape index (κ3) is 4.62. The predicted molar refractivity (Wildman–Crippen MR) is 136 cm³/mol. The summed E-state index contributed by atoms with van der Waals surface area (Å²) in [5.74, 6) is 0.536. The Morgan fingerprint density at radius 1 is 1.24 bits per heavy atom. The van der Waals surface area contributed by atoms with Crippen molar-refractivity contribution in [3.05, 3.63) is 74.7 Å². The number of aromatic nitrogens is 3. The lowest BCUT2D eigenvalue weighted by atomic mass is 9.73. The molecule has 37 heavy (non-hydrogen) atoms. The van der Waals surface area contributed by atoms with Crippen molar-refractivity contribution >= 4 is 33.2 Å². The lowest BCUT2D eigenvalue weighted by molar-refractivity contribution is -0.271. The van der Waals surface area contributed by atoms with E-state index in [2.05, 4.69) is 9.97 Å². The van der Waals surface area contributed by atoms with E-state index in [-0.39, 0.29) is 15.2 Å². The molecule has 0 saturated carbocycles. The molecule has 0 amide bonds. The number of alkyl halides is 3. The van der Waals surface area contributed by atoms with E-state index in [9.17, 15) is 23.1 Å². The average Bonchev–Trinajstić information content (AvgIpc) is 3.51. The maximum absolute atomic E-state index is 14.6. The summed E-state index contributed by atoms with van der Waals surface area (Å²) in [5, 5.41) is 12.7. The third-order valence-corrected chi connectivity index (χ3v) is 7.88. The van der Waals surface area contributed by atoms with E-state index in [1.165, 1.54) is 4.57 Å². The Labute approximate surface area is 219 Å². The van der Waals surface area contributed by atoms with Crippen LogP contribution in [-0.4, -0.2) is 38.0 Å². The first-order valence-corrected chi connectivity index (χ1v) is 12.8. The molecule has 194 valence electrons. The molecule has 0 aliphatic carbocycles. The van der Waals surface area contributed by atoms with E-state index < -0.39 is 35.6 Å². The number of aliphatic hydroxyl groups is 1. The number of thiophene rings is 1. The minimum absolute atomic E-state index is 0.207. The summed E-state index contributed by atoms with van der Waals surface area (Å²) in [6.45, 7) is 2.89. The van der Waals surface area contributed by atoms with Gasteiger partial charge in [-0.25, -0.2) is 0 Å². The van der Waals surface area contributed by atoms with Crippen molar-refractivity contribution in [3.8, 4) is 17.0 Å². The fraction of sp³-hybridized carbons (Fsp3) is 0.346. The van der Waals surface area contributed by atoms with E-state index in [0.717, 1.165) is 23.1 Å². The number of pyridine rings is 1. The standard InChI is InChI=1S/C26H23ClF3N3O3S/c1-24(2,17-10-16(19-11-31-5-6-32-19)9-15-3-7-36-22(15)17)13-25(35,26(28,29)30)14-33-12-18(27)21(34)23-20(33)4-8-37-23/h4-6,8-12,35H,3,7,13-14H2,1-2H3. The molecule has 1 aliphatic heterocycles. The largest absolute Gasteiger partial charge is 0.493 e. The highest BCUT2D eigenvalue weighted by molar-refractivity contribution is 7.17. The maximum Gasteiger partial charge on any atom is 0.418 e. The first-order valence-electron chi connectivity index (χ1n) is 11.5. The zero-order valence-electron chi connectivity index (χ0n) is 20.0. The predicted octanol–water partition coefficient (Wildman–Crippen LogP) is 5.77. The second kappa shape index (κ2) is 9.11. The summed E-state index contributed by atoms with van der Waals surface area (Å²) < 4.78 is 51.0. The van der Waals surface area contributed by atoms with Crippen LogP contribution in [0.1, 0.15) is 31.4 Å². The Bertz CT molecular complexity index is 1540. The van der Waals surface area contributed by atoms with Crippen molar-refractivity contribution in [2.45, 2.75) is 50.4 Å². The summed E-state index contributed by atoms with van der Waals surface area (Å²) in [5.41, 5.74) is -1.77. The van der Waals surface area contributed by atoms with Gasteiger partial charge in [-0.3, -0.25) is 14.8 Å². The molecule has 0 fully saturated rings. The number of fused-ring (bicyclic) bond motifs is 2. The van der Waals surface area contributed by atoms with E-state index >= 15 is 0 Å². The van der Waals surface area contributed by atoms with E-state index in [1.54, 1.807) is 50.0 Å². The molecule has 1 aromatic carbocycles. The SMILES string of the molecule is CC(C)(CC(O)(Cn1cc(Cl)c(=O)c2sccc21)C(F)(F)F)c1cc(-c2cnccn2)cc2c1OCC2. The summed E-state index contributed by atoms with van der Waals surface area (Å²) in [6, 6.07) is 5.22. The van der Waals surface area contributed by atoms with Crippen molar-refractivity contribution in [1.29, 1.82) is 0 Å². The van der Waals surface area contributed by atoms with Gasteiger partial charge in [0.1, 0.15) is 10.8 Å². The Hall–Kier alpha value is -2.95. The van der Waals surface area contributed by atoms with Crippen molar-refractivity contribution in [3.63, 3.8) is 0 Å². The van der Waals surface area contributed by atoms with Gasteiger partial charge in [0.2, 0.25) is 5.43 Å². The molecule has 11 heteroatoms. The molecule has 0 bridgehead atoms. The van der Waals surface area contributed by atoms with Crippen LogP contribution in [0.25, 0.3) is 21.5 Å². The lowest BCUT2D eigenvalue weighted by Crippen LogP contribution is -2.52. The van der Waals surface area contributed by atoms with Gasteiger partial charge >= 0.3 is 6.18 Å². The molecule has 5 rings (SSSR count). The Balaban J connectivity index is 1.59. The Morgan fingerprint density at radius 3 is 2.73 bits per heavy atom. The second-order valence-electron chi connectivity index (χ2n) is 9.86. The second-order valence-corrected chi connectivity index (χ2v) is 11.2. The fourth-order valence-corrected chi connectivity index (χ4v) is 6.09. The van der Waals surface area contributed by atoms with Gasteiger partial charge < -0.3 is 14.4 Å². The molecule has 1 N–H and O–H groups in total. The Kier molecular flexibility index (Phi) is 6.32. The molecular weight excluding hydrogens is 527 g/mol. The van der Waals surface area contributed by atoms with Crippen molar-refractivity contribution in [1.82, 2.24) is 14.5 Å². The summed E-state index contributed by atoms with van der Waals surface area (Å²) in [4.78, 5) is 20.8. The van der Waals surface area contributed by atoms with Crippen LogP contribution in [0.5, 0.6) is 5.75 Å². The molecule has 1 atom stereocenters. The van der Waals surface area contributed by atoms with Gasteiger partial charge in [-0.2, -0.15) is 13.2 Å². The summed E-state index contributed by atoms with van der Waals surface area (Å²) >= 11 is 7.13. The van der Waals surface area contributed by atoms with Crippen molar-refractivity contribution in [2.24, 2.45) is 0 Å². The molecule has 0 saturated heterocycles. The first kappa shape index (κ1) is 25.7. The van der Waals surface area contributed by atoms with Gasteiger partial charge in [0.15, 0.2) is 5.60 Å². The van der Waals surface area contributed by atoms with Crippen LogP contribution in [0.15, 0.2) is 53.2 Å². The molecule has 6 nitrogen and oxygen atoms in total. The maximum atomic E-state index is 14.6. The van der Waals surface area contributed by atoms with Gasteiger partial charge in [0.25, 0.3) is 0 Å². The molecule has 0 spiro atoms. The van der Waals surface area contributed by atoms with Crippen LogP contribution < -0.4 is 10.2 Å². The average molecular weight is 550 g/mol. The molecule has 1 aliphatic rings.